The van der Waals surface area contributed by atoms with Gasteiger partial charge in [0.05, 0.1) is 0 Å². The maximum absolute atomic E-state index is 3.10. The summed E-state index contributed by atoms with van der Waals surface area (Å²) in [5.74, 6) is 0. The fraction of sp³-hybridized carbons (Fsp3) is 0.951. The molecule has 6 aliphatic rings. The Morgan fingerprint density at radius 1 is 0.372 bits per heavy atom. The summed E-state index contributed by atoms with van der Waals surface area (Å²) in [4.78, 5) is 0. The fourth-order valence-electron chi connectivity index (χ4n) is 13.7. The Bertz CT molecular complexity index is 733. The first-order chi connectivity index (χ1) is 21.2. The van der Waals surface area contributed by atoms with Gasteiger partial charge in [0.2, 0.25) is 0 Å². The van der Waals surface area contributed by atoms with Crippen molar-refractivity contribution >= 4 is 14.5 Å². The van der Waals surface area contributed by atoms with Crippen LogP contribution < -0.4 is 0 Å². The van der Waals surface area contributed by atoms with Gasteiger partial charge in [0.1, 0.15) is 0 Å². The van der Waals surface area contributed by atoms with Gasteiger partial charge >= 0.3 is 272 Å². The van der Waals surface area contributed by atoms with Gasteiger partial charge in [-0.15, -0.1) is 0 Å². The van der Waals surface area contributed by atoms with Gasteiger partial charge in [-0.05, 0) is 0 Å². The van der Waals surface area contributed by atoms with Crippen LogP contribution in [0, 0.1) is 0 Å². The third-order valence-electron chi connectivity index (χ3n) is 15.6. The summed E-state index contributed by atoms with van der Waals surface area (Å²) < 4.78 is 0. The van der Waals surface area contributed by atoms with E-state index in [9.17, 15) is 0 Å². The van der Waals surface area contributed by atoms with Crippen LogP contribution in [0.3, 0.4) is 0 Å². The Hall–Kier alpha value is 0.600. The zero-order chi connectivity index (χ0) is 29.4. The third-order valence-corrected chi connectivity index (χ3v) is 30.2. The predicted octanol–water partition coefficient (Wildman–Crippen LogP) is 13.4. The minimum absolute atomic E-state index is 1.17. The molecule has 0 nitrogen and oxygen atoms in total. The van der Waals surface area contributed by atoms with Gasteiger partial charge in [-0.25, -0.2) is 0 Å². The van der Waals surface area contributed by atoms with Crippen LogP contribution in [0.1, 0.15) is 200 Å². The summed E-state index contributed by atoms with van der Waals surface area (Å²) in [6.07, 6.45) is 54.1. The van der Waals surface area contributed by atoms with Crippen molar-refractivity contribution in [2.24, 2.45) is 0 Å². The van der Waals surface area contributed by atoms with Crippen molar-refractivity contribution in [3.8, 4) is 0 Å². The van der Waals surface area contributed by atoms with Gasteiger partial charge in [0.15, 0.2) is 0 Å². The van der Waals surface area contributed by atoms with Crippen molar-refractivity contribution in [3.05, 3.63) is 11.6 Å². The molecule has 0 radical (unpaired) electrons. The van der Waals surface area contributed by atoms with E-state index in [1.54, 1.807) is 205 Å². The summed E-state index contributed by atoms with van der Waals surface area (Å²) in [5.41, 5.74) is 9.01. The predicted molar refractivity (Wildman–Crippen MR) is 201 cm³/mol. The first kappa shape index (κ1) is 33.5. The molecule has 0 aromatic heterocycles. The average Bonchev–Trinajstić information content (AvgIpc) is 3.10. The zero-order valence-corrected chi connectivity index (χ0v) is 31.2. The molecule has 2 heteroatoms. The molecular weight excluding hydrogens is 554 g/mol. The van der Waals surface area contributed by atoms with Crippen molar-refractivity contribution in [1.29, 1.82) is 0 Å². The summed E-state index contributed by atoms with van der Waals surface area (Å²) in [6, 6.07) is 0. The maximum atomic E-state index is 3.10. The van der Waals surface area contributed by atoms with Gasteiger partial charge in [-0.2, -0.15) is 0 Å². The molecule has 43 heavy (non-hydrogen) atoms. The molecule has 0 amide bonds. The second-order valence-corrected chi connectivity index (χ2v) is 27.8. The number of hydrogen-bond acceptors (Lipinski definition) is 0. The van der Waals surface area contributed by atoms with E-state index in [2.05, 4.69) is 13.0 Å². The molecule has 0 aromatic rings. The van der Waals surface area contributed by atoms with E-state index < -0.39 is 14.5 Å². The Labute approximate surface area is 271 Å². The molecule has 0 spiro atoms. The van der Waals surface area contributed by atoms with Crippen LogP contribution in [0.2, 0.25) is 0 Å². The summed E-state index contributed by atoms with van der Waals surface area (Å²) in [7, 11) is -2.83. The van der Waals surface area contributed by atoms with E-state index in [1.807, 2.05) is 5.57 Å². The molecule has 6 rings (SSSR count). The monoisotopic (exact) mass is 631 g/mol. The van der Waals surface area contributed by atoms with Crippen molar-refractivity contribution < 1.29 is 0 Å². The minimum atomic E-state index is -1.42. The summed E-state index contributed by atoms with van der Waals surface area (Å²) in [6.45, 7) is 2.73. The number of hydrogen-bond donors (Lipinski definition) is 0. The van der Waals surface area contributed by atoms with Gasteiger partial charge in [0, 0.05) is 0 Å². The van der Waals surface area contributed by atoms with Crippen LogP contribution in [0.25, 0.3) is 0 Å². The van der Waals surface area contributed by atoms with E-state index in [0.29, 0.717) is 0 Å². The molecule has 0 saturated heterocycles. The van der Waals surface area contributed by atoms with Crippen molar-refractivity contribution in [3.63, 3.8) is 0 Å². The first-order valence-corrected chi connectivity index (χ1v) is 25.8. The van der Waals surface area contributed by atoms with E-state index >= 15 is 0 Å². The van der Waals surface area contributed by atoms with Crippen LogP contribution in [0.5, 0.6) is 0 Å². The van der Waals surface area contributed by atoms with Crippen LogP contribution in [0.15, 0.2) is 11.6 Å². The molecule has 0 N–H and O–H groups in total. The molecule has 6 fully saturated rings. The molecular formula is C41H76P2. The van der Waals surface area contributed by atoms with Crippen molar-refractivity contribution in [2.75, 3.05) is 12.3 Å². The van der Waals surface area contributed by atoms with E-state index in [0.717, 1.165) is 0 Å². The molecule has 0 heterocycles. The van der Waals surface area contributed by atoms with Crippen molar-refractivity contribution in [2.45, 2.75) is 234 Å². The summed E-state index contributed by atoms with van der Waals surface area (Å²) in [5, 5.41) is 0. The summed E-state index contributed by atoms with van der Waals surface area (Å²) >= 11 is 0. The average molecular weight is 631 g/mol. The van der Waals surface area contributed by atoms with Gasteiger partial charge in [0.25, 0.3) is 0 Å². The molecule has 0 atom stereocenters. The molecule has 0 aromatic carbocycles. The quantitative estimate of drug-likeness (QED) is 0.166. The second kappa shape index (κ2) is 16.6. The Morgan fingerprint density at radius 2 is 0.605 bits per heavy atom. The Morgan fingerprint density at radius 3 is 0.860 bits per heavy atom. The standard InChI is InChI=1S/C41H76P2/c1-35(34-43(39-26-14-5-15-27-39,40-28-16-6-17-29-40)41-30-18-7-19-31-41)32-33-42(36-20-8-2-9-21-36,37-22-10-3-11-23-37)38-24-12-4-13-25-38/h32,36-43H,2-31,33-34H2,1H3. The van der Waals surface area contributed by atoms with Gasteiger partial charge < -0.3 is 0 Å². The molecule has 0 aliphatic heterocycles. The normalized spacial score (nSPS) is 29.1. The van der Waals surface area contributed by atoms with Crippen LogP contribution in [-0.2, 0) is 0 Å². The van der Waals surface area contributed by atoms with Crippen LogP contribution in [0.4, 0.5) is 0 Å². The number of rotatable bonds is 10. The van der Waals surface area contributed by atoms with Gasteiger partial charge in [-0.1, -0.05) is 0 Å². The SMILES string of the molecule is CC(=CC[PH](C1CCCCC1)(C1CCCCC1)C1CCCCC1)C[PH](C1CCCCC1)(C1CCCCC1)C1CCCCC1. The van der Waals surface area contributed by atoms with Crippen LogP contribution >= 0.6 is 14.5 Å². The van der Waals surface area contributed by atoms with E-state index in [4.69, 9.17) is 0 Å². The van der Waals surface area contributed by atoms with Crippen LogP contribution in [-0.4, -0.2) is 46.3 Å². The van der Waals surface area contributed by atoms with E-state index in [-0.39, 0.29) is 0 Å². The van der Waals surface area contributed by atoms with E-state index in [1.165, 1.54) is 34.0 Å². The number of allylic oxidation sites excluding steroid dienone is 2. The molecule has 0 unspecified atom stereocenters. The zero-order valence-electron chi connectivity index (χ0n) is 29.2. The molecule has 6 aliphatic carbocycles. The fourth-order valence-corrected chi connectivity index (χ4v) is 30.3. The second-order valence-electron chi connectivity index (χ2n) is 17.7. The van der Waals surface area contributed by atoms with Gasteiger partial charge in [-0.3, -0.25) is 0 Å². The topological polar surface area (TPSA) is 0 Å². The Balaban J connectivity index is 1.34. The van der Waals surface area contributed by atoms with Crippen molar-refractivity contribution in [1.82, 2.24) is 0 Å². The Kier molecular flexibility index (Phi) is 12.9. The molecule has 6 saturated carbocycles. The first-order valence-electron chi connectivity index (χ1n) is 20.9. The molecule has 0 bridgehead atoms. The molecule has 250 valence electrons. The third kappa shape index (κ3) is 7.68.